The van der Waals surface area contributed by atoms with Crippen molar-refractivity contribution >= 4 is 40.9 Å². The molecule has 0 aromatic heterocycles. The minimum atomic E-state index is -0.485. The molecule has 5 nitrogen and oxygen atoms in total. The van der Waals surface area contributed by atoms with Gasteiger partial charge < -0.3 is 4.74 Å². The number of carbonyl (C=O) groups excluding carboxylic acids is 2. The minimum Gasteiger partial charge on any atom is -0.457 e. The lowest BCUT2D eigenvalue weighted by Gasteiger charge is -2.29. The molecular formula is C26H20N2O3S. The van der Waals surface area contributed by atoms with Crippen molar-refractivity contribution in [3.8, 4) is 11.5 Å². The second-order valence-corrected chi connectivity index (χ2v) is 8.14. The Morgan fingerprint density at radius 3 is 2.38 bits per heavy atom. The number of carbonyl (C=O) groups is 2. The van der Waals surface area contributed by atoms with Crippen molar-refractivity contribution < 1.29 is 14.3 Å². The molecule has 5 rings (SSSR count). The molecule has 2 amide bonds. The average Bonchev–Trinajstić information content (AvgIpc) is 3.26. The van der Waals surface area contributed by atoms with Crippen LogP contribution in [0.15, 0.2) is 78.4 Å². The van der Waals surface area contributed by atoms with Crippen LogP contribution in [0.3, 0.4) is 0 Å². The molecule has 2 aliphatic rings. The van der Waals surface area contributed by atoms with Crippen LogP contribution in [0, 0.1) is 0 Å². The maximum atomic E-state index is 13.2. The third kappa shape index (κ3) is 3.92. The van der Waals surface area contributed by atoms with E-state index in [0.717, 1.165) is 30.6 Å². The van der Waals surface area contributed by atoms with Crippen LogP contribution in [0.25, 0.3) is 6.08 Å². The molecule has 1 aliphatic carbocycles. The van der Waals surface area contributed by atoms with Crippen molar-refractivity contribution in [2.75, 3.05) is 4.90 Å². The van der Waals surface area contributed by atoms with Gasteiger partial charge in [-0.3, -0.25) is 19.8 Å². The monoisotopic (exact) mass is 440 g/mol. The van der Waals surface area contributed by atoms with Crippen molar-refractivity contribution in [2.45, 2.75) is 19.3 Å². The number of hydrogen-bond acceptors (Lipinski definition) is 4. The SMILES string of the molecule is O=C1NC(=S)N(c2ccc(Oc3ccccc3)cc2)C(=O)/C1=C\c1ccc2c(c1)CCC2. The maximum absolute atomic E-state index is 13.2. The van der Waals surface area contributed by atoms with Crippen molar-refractivity contribution in [3.63, 3.8) is 0 Å². The Morgan fingerprint density at radius 2 is 1.59 bits per heavy atom. The second kappa shape index (κ2) is 8.40. The van der Waals surface area contributed by atoms with Gasteiger partial charge in [0.25, 0.3) is 11.8 Å². The lowest BCUT2D eigenvalue weighted by atomic mass is 10.0. The number of aryl methyl sites for hydroxylation is 2. The first-order valence-corrected chi connectivity index (χ1v) is 10.9. The quantitative estimate of drug-likeness (QED) is 0.360. The molecule has 3 aromatic rings. The van der Waals surface area contributed by atoms with E-state index in [0.29, 0.717) is 11.4 Å². The molecule has 1 N–H and O–H groups in total. The fourth-order valence-corrected chi connectivity index (χ4v) is 4.31. The van der Waals surface area contributed by atoms with Gasteiger partial charge in [-0.15, -0.1) is 0 Å². The highest BCUT2D eigenvalue weighted by atomic mass is 32.1. The van der Waals surface area contributed by atoms with Gasteiger partial charge in [0, 0.05) is 0 Å². The fourth-order valence-electron chi connectivity index (χ4n) is 4.03. The van der Waals surface area contributed by atoms with E-state index in [1.54, 1.807) is 30.3 Å². The van der Waals surface area contributed by atoms with Crippen LogP contribution >= 0.6 is 12.2 Å². The first-order valence-electron chi connectivity index (χ1n) is 10.4. The fraction of sp³-hybridized carbons (Fsp3) is 0.115. The summed E-state index contributed by atoms with van der Waals surface area (Å²) >= 11 is 5.30. The molecule has 32 heavy (non-hydrogen) atoms. The van der Waals surface area contributed by atoms with Gasteiger partial charge in [-0.2, -0.15) is 0 Å². The summed E-state index contributed by atoms with van der Waals surface area (Å²) in [5.41, 5.74) is 4.07. The van der Waals surface area contributed by atoms with Crippen molar-refractivity contribution in [1.29, 1.82) is 0 Å². The summed E-state index contributed by atoms with van der Waals surface area (Å²) in [4.78, 5) is 27.1. The highest BCUT2D eigenvalue weighted by molar-refractivity contribution is 7.80. The van der Waals surface area contributed by atoms with Gasteiger partial charge in [-0.1, -0.05) is 36.4 Å². The average molecular weight is 441 g/mol. The Bertz CT molecular complexity index is 1250. The highest BCUT2D eigenvalue weighted by Crippen LogP contribution is 2.28. The molecule has 6 heteroatoms. The number of anilines is 1. The largest absolute Gasteiger partial charge is 0.457 e. The molecular weight excluding hydrogens is 420 g/mol. The van der Waals surface area contributed by atoms with E-state index in [-0.39, 0.29) is 10.7 Å². The number of nitrogens with zero attached hydrogens (tertiary/aromatic N) is 1. The van der Waals surface area contributed by atoms with E-state index in [1.807, 2.05) is 36.4 Å². The number of thiocarbonyl (C=S) groups is 1. The number of hydrogen-bond donors (Lipinski definition) is 1. The third-order valence-corrected chi connectivity index (χ3v) is 5.89. The standard InChI is InChI=1S/C26H20N2O3S/c29-24-23(16-17-9-10-18-5-4-6-19(18)15-17)25(30)28(26(32)27-24)20-11-13-22(14-12-20)31-21-7-2-1-3-8-21/h1-3,7-16H,4-6H2,(H,27,29,32)/b23-16-. The summed E-state index contributed by atoms with van der Waals surface area (Å²) < 4.78 is 5.81. The van der Waals surface area contributed by atoms with Crippen LogP contribution in [-0.4, -0.2) is 16.9 Å². The van der Waals surface area contributed by atoms with Crippen molar-refractivity contribution in [1.82, 2.24) is 5.32 Å². The maximum Gasteiger partial charge on any atom is 0.270 e. The Morgan fingerprint density at radius 1 is 0.875 bits per heavy atom. The number of para-hydroxylation sites is 1. The Hall–Kier alpha value is -3.77. The zero-order chi connectivity index (χ0) is 22.1. The molecule has 0 spiro atoms. The van der Waals surface area contributed by atoms with Crippen molar-refractivity contribution in [3.05, 3.63) is 95.1 Å². The summed E-state index contributed by atoms with van der Waals surface area (Å²) in [5.74, 6) is 0.418. The normalized spacial score (nSPS) is 16.8. The van der Waals surface area contributed by atoms with Crippen LogP contribution in [0.5, 0.6) is 11.5 Å². The van der Waals surface area contributed by atoms with E-state index >= 15 is 0 Å². The first-order chi connectivity index (χ1) is 15.6. The van der Waals surface area contributed by atoms with Gasteiger partial charge in [0.15, 0.2) is 5.11 Å². The molecule has 0 bridgehead atoms. The molecule has 1 saturated heterocycles. The molecule has 0 saturated carbocycles. The van der Waals surface area contributed by atoms with E-state index in [2.05, 4.69) is 17.4 Å². The number of fused-ring (bicyclic) bond motifs is 1. The lowest BCUT2D eigenvalue weighted by molar-refractivity contribution is -0.122. The predicted molar refractivity (Wildman–Crippen MR) is 128 cm³/mol. The summed E-state index contributed by atoms with van der Waals surface area (Å²) in [6, 6.07) is 22.5. The summed E-state index contributed by atoms with van der Waals surface area (Å²) in [6.07, 6.45) is 4.89. The molecule has 1 heterocycles. The number of amides is 2. The van der Waals surface area contributed by atoms with Gasteiger partial charge in [0.2, 0.25) is 0 Å². The van der Waals surface area contributed by atoms with E-state index < -0.39 is 11.8 Å². The van der Waals surface area contributed by atoms with Crippen LogP contribution in [-0.2, 0) is 22.4 Å². The van der Waals surface area contributed by atoms with Crippen LogP contribution in [0.1, 0.15) is 23.1 Å². The topological polar surface area (TPSA) is 58.6 Å². The number of ether oxygens (including phenoxy) is 1. The van der Waals surface area contributed by atoms with Crippen LogP contribution < -0.4 is 15.0 Å². The van der Waals surface area contributed by atoms with Gasteiger partial charge in [0.1, 0.15) is 17.1 Å². The number of benzene rings is 3. The highest BCUT2D eigenvalue weighted by Gasteiger charge is 2.34. The Labute approximate surface area is 191 Å². The molecule has 0 atom stereocenters. The predicted octanol–water partition coefficient (Wildman–Crippen LogP) is 4.80. The Balaban J connectivity index is 1.41. The van der Waals surface area contributed by atoms with Gasteiger partial charge in [0.05, 0.1) is 5.69 Å². The Kier molecular flexibility index (Phi) is 5.29. The van der Waals surface area contributed by atoms with Gasteiger partial charge in [-0.05, 0) is 90.6 Å². The lowest BCUT2D eigenvalue weighted by Crippen LogP contribution is -2.54. The van der Waals surface area contributed by atoms with Crippen molar-refractivity contribution in [2.24, 2.45) is 0 Å². The zero-order valence-electron chi connectivity index (χ0n) is 17.2. The second-order valence-electron chi connectivity index (χ2n) is 7.75. The first kappa shape index (κ1) is 20.2. The van der Waals surface area contributed by atoms with Crippen LogP contribution in [0.2, 0.25) is 0 Å². The molecule has 3 aromatic carbocycles. The third-order valence-electron chi connectivity index (χ3n) is 5.61. The molecule has 1 fully saturated rings. The summed E-state index contributed by atoms with van der Waals surface area (Å²) in [7, 11) is 0. The molecule has 0 unspecified atom stereocenters. The van der Waals surface area contributed by atoms with E-state index in [9.17, 15) is 9.59 Å². The smallest absolute Gasteiger partial charge is 0.270 e. The van der Waals surface area contributed by atoms with E-state index in [4.69, 9.17) is 17.0 Å². The summed E-state index contributed by atoms with van der Waals surface area (Å²) in [5, 5.41) is 2.69. The number of rotatable bonds is 4. The van der Waals surface area contributed by atoms with Crippen LogP contribution in [0.4, 0.5) is 5.69 Å². The number of nitrogens with one attached hydrogen (secondary N) is 1. The van der Waals surface area contributed by atoms with E-state index in [1.165, 1.54) is 16.0 Å². The zero-order valence-corrected chi connectivity index (χ0v) is 18.0. The molecule has 0 radical (unpaired) electrons. The summed E-state index contributed by atoms with van der Waals surface area (Å²) in [6.45, 7) is 0. The van der Waals surface area contributed by atoms with Gasteiger partial charge in [-0.25, -0.2) is 0 Å². The van der Waals surface area contributed by atoms with Gasteiger partial charge >= 0.3 is 0 Å². The molecule has 158 valence electrons. The molecule has 1 aliphatic heterocycles. The minimum absolute atomic E-state index is 0.0566.